The highest BCUT2D eigenvalue weighted by atomic mass is 127. The van der Waals surface area contributed by atoms with Gasteiger partial charge in [-0.05, 0) is 79.8 Å². The molecule has 1 heterocycles. The van der Waals surface area contributed by atoms with Crippen molar-refractivity contribution in [2.75, 3.05) is 12.4 Å². The Bertz CT molecular complexity index is 946. The van der Waals surface area contributed by atoms with Crippen LogP contribution in [0.1, 0.15) is 37.5 Å². The fourth-order valence-corrected chi connectivity index (χ4v) is 5.18. The Morgan fingerprint density at radius 1 is 1.15 bits per heavy atom. The lowest BCUT2D eigenvalue weighted by Crippen LogP contribution is -2.14. The first-order valence-electron chi connectivity index (χ1n) is 8.02. The van der Waals surface area contributed by atoms with Crippen LogP contribution < -0.4 is 10.1 Å². The Kier molecular flexibility index (Phi) is 5.57. The van der Waals surface area contributed by atoms with Crippen molar-refractivity contribution in [3.63, 3.8) is 0 Å². The smallest absolute Gasteiger partial charge is 0.256 e. The van der Waals surface area contributed by atoms with Crippen LogP contribution in [0.25, 0.3) is 11.6 Å². The minimum absolute atomic E-state index is 0.0678. The van der Waals surface area contributed by atoms with Crippen LogP contribution in [-0.2, 0) is 10.2 Å². The van der Waals surface area contributed by atoms with Gasteiger partial charge in [-0.25, -0.2) is 0 Å². The van der Waals surface area contributed by atoms with E-state index in [4.69, 9.17) is 4.74 Å². The lowest BCUT2D eigenvalue weighted by Gasteiger charge is -2.23. The van der Waals surface area contributed by atoms with Crippen molar-refractivity contribution in [3.8, 4) is 5.75 Å². The maximum absolute atomic E-state index is 12.5. The largest absolute Gasteiger partial charge is 0.495 e. The molecule has 0 aliphatic carbocycles. The van der Waals surface area contributed by atoms with Gasteiger partial charge in [-0.2, -0.15) is 0 Å². The predicted octanol–water partition coefficient (Wildman–Crippen LogP) is 6.62. The molecule has 136 valence electrons. The molecule has 3 nitrogen and oxygen atoms in total. The fourth-order valence-electron chi connectivity index (χ4n) is 2.99. The second kappa shape index (κ2) is 7.28. The van der Waals surface area contributed by atoms with Gasteiger partial charge < -0.3 is 10.1 Å². The number of hydrogen-bond donors (Lipinski definition) is 1. The molecule has 1 aliphatic heterocycles. The average molecular weight is 591 g/mol. The van der Waals surface area contributed by atoms with Crippen molar-refractivity contribution in [3.05, 3.63) is 53.5 Å². The van der Waals surface area contributed by atoms with Crippen LogP contribution in [-0.4, -0.2) is 13.0 Å². The van der Waals surface area contributed by atoms with Crippen LogP contribution in [0.5, 0.6) is 5.75 Å². The van der Waals surface area contributed by atoms with E-state index in [1.165, 1.54) is 0 Å². The summed E-state index contributed by atoms with van der Waals surface area (Å²) in [4.78, 5) is 12.5. The molecule has 0 unspecified atom stereocenters. The number of ether oxygens (including phenoxy) is 1. The number of carbonyl (C=O) groups is 1. The van der Waals surface area contributed by atoms with Gasteiger partial charge >= 0.3 is 0 Å². The van der Waals surface area contributed by atoms with Crippen molar-refractivity contribution in [1.29, 1.82) is 0 Å². The number of anilines is 1. The molecule has 0 saturated carbocycles. The number of nitrogens with one attached hydrogen (secondary N) is 1. The quantitative estimate of drug-likeness (QED) is 0.316. The van der Waals surface area contributed by atoms with Gasteiger partial charge in [0, 0.05) is 25.6 Å². The summed E-state index contributed by atoms with van der Waals surface area (Å²) in [7, 11) is 1.70. The number of rotatable bonds is 2. The molecule has 0 atom stereocenters. The molecule has 2 aromatic carbocycles. The van der Waals surface area contributed by atoms with Crippen molar-refractivity contribution in [2.45, 2.75) is 26.2 Å². The summed E-state index contributed by atoms with van der Waals surface area (Å²) in [5, 5.41) is 2.94. The summed E-state index contributed by atoms with van der Waals surface area (Å²) in [6.07, 6.45) is 1.94. The summed E-state index contributed by atoms with van der Waals surface area (Å²) >= 11 is 9.30. The number of amides is 1. The van der Waals surface area contributed by atoms with Crippen LogP contribution in [0, 0.1) is 3.57 Å². The van der Waals surface area contributed by atoms with E-state index >= 15 is 0 Å². The highest BCUT2D eigenvalue weighted by Crippen LogP contribution is 2.42. The Morgan fingerprint density at radius 2 is 1.85 bits per heavy atom. The van der Waals surface area contributed by atoms with E-state index in [1.54, 1.807) is 7.11 Å². The predicted molar refractivity (Wildman–Crippen MR) is 123 cm³/mol. The van der Waals surface area contributed by atoms with E-state index in [9.17, 15) is 4.79 Å². The normalized spacial score (nSPS) is 15.2. The third-order valence-corrected chi connectivity index (χ3v) is 6.10. The van der Waals surface area contributed by atoms with Crippen molar-refractivity contribution < 1.29 is 9.53 Å². The fraction of sp³-hybridized carbons (Fsp3) is 0.250. The van der Waals surface area contributed by atoms with E-state index < -0.39 is 0 Å². The maximum Gasteiger partial charge on any atom is 0.256 e. The van der Waals surface area contributed by atoms with Crippen molar-refractivity contribution >= 4 is 77.7 Å². The average Bonchev–Trinajstić information content (AvgIpc) is 2.83. The minimum atomic E-state index is -0.0954. The minimum Gasteiger partial charge on any atom is -0.495 e. The number of halogens is 3. The summed E-state index contributed by atoms with van der Waals surface area (Å²) < 4.78 is 8.42. The lowest BCUT2D eigenvalue weighted by molar-refractivity contribution is -0.110. The maximum atomic E-state index is 12.5. The summed E-state index contributed by atoms with van der Waals surface area (Å²) in [6.45, 7) is 6.47. The summed E-state index contributed by atoms with van der Waals surface area (Å²) in [6, 6.07) is 8.03. The first-order valence-corrected chi connectivity index (χ1v) is 10.7. The number of carbonyl (C=O) groups excluding carboxylic acids is 1. The molecule has 26 heavy (non-hydrogen) atoms. The van der Waals surface area contributed by atoms with Gasteiger partial charge in [0.15, 0.2) is 0 Å². The SMILES string of the molecule is COc1c(I)cc(C=C2C(=O)Nc3c(Br)cc(Br)cc32)cc1C(C)(C)C. The topological polar surface area (TPSA) is 38.3 Å². The van der Waals surface area contributed by atoms with E-state index in [2.05, 4.69) is 86.6 Å². The molecule has 6 heteroatoms. The Balaban J connectivity index is 2.18. The highest BCUT2D eigenvalue weighted by Gasteiger charge is 2.27. The molecule has 0 spiro atoms. The first-order chi connectivity index (χ1) is 12.1. The molecular weight excluding hydrogens is 573 g/mol. The third-order valence-electron chi connectivity index (χ3n) is 4.22. The van der Waals surface area contributed by atoms with Crippen LogP contribution in [0.15, 0.2) is 33.2 Å². The molecule has 1 aliphatic rings. The zero-order valence-electron chi connectivity index (χ0n) is 14.8. The van der Waals surface area contributed by atoms with Gasteiger partial charge in [-0.3, -0.25) is 4.79 Å². The molecule has 0 radical (unpaired) electrons. The molecular formula is C20H18Br2INO2. The zero-order chi connectivity index (χ0) is 19.2. The van der Waals surface area contributed by atoms with Crippen molar-refractivity contribution in [1.82, 2.24) is 0 Å². The Morgan fingerprint density at radius 3 is 2.46 bits per heavy atom. The second-order valence-electron chi connectivity index (χ2n) is 7.16. The molecule has 1 N–H and O–H groups in total. The van der Waals surface area contributed by atoms with E-state index in [-0.39, 0.29) is 11.3 Å². The molecule has 3 rings (SSSR count). The number of fused-ring (bicyclic) bond motifs is 1. The van der Waals surface area contributed by atoms with Crippen LogP contribution >= 0.6 is 54.5 Å². The van der Waals surface area contributed by atoms with E-state index in [1.807, 2.05) is 24.3 Å². The monoisotopic (exact) mass is 589 g/mol. The van der Waals surface area contributed by atoms with Gasteiger partial charge in [-0.15, -0.1) is 0 Å². The van der Waals surface area contributed by atoms with Gasteiger partial charge in [-0.1, -0.05) is 36.7 Å². The number of methoxy groups -OCH3 is 1. The van der Waals surface area contributed by atoms with Gasteiger partial charge in [0.25, 0.3) is 5.91 Å². The Labute approximate surface area is 184 Å². The van der Waals surface area contributed by atoms with Crippen LogP contribution in [0.4, 0.5) is 5.69 Å². The van der Waals surface area contributed by atoms with Crippen LogP contribution in [0.2, 0.25) is 0 Å². The van der Waals surface area contributed by atoms with Gasteiger partial charge in [0.05, 0.1) is 16.4 Å². The first kappa shape index (κ1) is 19.9. The van der Waals surface area contributed by atoms with Crippen molar-refractivity contribution in [2.24, 2.45) is 0 Å². The lowest BCUT2D eigenvalue weighted by atomic mass is 9.85. The van der Waals surface area contributed by atoms with Gasteiger partial charge in [0.1, 0.15) is 5.75 Å². The molecule has 2 aromatic rings. The summed E-state index contributed by atoms with van der Waals surface area (Å²) in [5.74, 6) is 0.795. The molecule has 0 aromatic heterocycles. The third kappa shape index (κ3) is 3.73. The van der Waals surface area contributed by atoms with E-state index in [0.29, 0.717) is 5.57 Å². The van der Waals surface area contributed by atoms with Crippen LogP contribution in [0.3, 0.4) is 0 Å². The van der Waals surface area contributed by atoms with Gasteiger partial charge in [0.2, 0.25) is 0 Å². The number of hydrogen-bond acceptors (Lipinski definition) is 2. The molecule has 0 fully saturated rings. The second-order valence-corrected chi connectivity index (χ2v) is 10.1. The molecule has 0 bridgehead atoms. The highest BCUT2D eigenvalue weighted by molar-refractivity contribution is 14.1. The zero-order valence-corrected chi connectivity index (χ0v) is 20.2. The number of benzene rings is 2. The standard InChI is InChI=1S/C20H18Br2INO2/c1-20(2,3)14-6-10(7-16(23)18(14)26-4)5-13-12-8-11(21)9-15(22)17(12)24-19(13)25/h5-9H,1-4H3,(H,24,25). The summed E-state index contributed by atoms with van der Waals surface area (Å²) in [5.41, 5.74) is 4.38. The van der Waals surface area contributed by atoms with E-state index in [0.717, 1.165) is 40.6 Å². The molecule has 0 saturated heterocycles. The molecule has 1 amide bonds. The Hall–Kier alpha value is -0.860.